The van der Waals surface area contributed by atoms with E-state index in [9.17, 15) is 5.11 Å². The lowest BCUT2D eigenvalue weighted by molar-refractivity contribution is -0.120. The number of hydrogen-bond donors (Lipinski definition) is 3. The minimum atomic E-state index is -1.29. The highest BCUT2D eigenvalue weighted by atomic mass is 16.5. The van der Waals surface area contributed by atoms with Crippen LogP contribution in [0.25, 0.3) is 0 Å². The minimum Gasteiger partial charge on any atom is -0.396 e. The highest BCUT2D eigenvalue weighted by Gasteiger charge is 2.31. The molecule has 0 heterocycles. The fraction of sp³-hybridized carbons (Fsp3) is 1.00. The third-order valence-corrected chi connectivity index (χ3v) is 4.01. The van der Waals surface area contributed by atoms with Crippen LogP contribution in [0.2, 0.25) is 0 Å². The molecular weight excluding hydrogens is 220 g/mol. The van der Waals surface area contributed by atoms with Crippen LogP contribution in [0.5, 0.6) is 0 Å². The van der Waals surface area contributed by atoms with Gasteiger partial charge in [-0.05, 0) is 37.5 Å². The number of aliphatic hydroxyl groups excluding tert-OH is 2. The average Bonchev–Trinajstić information content (AvgIpc) is 2.32. The van der Waals surface area contributed by atoms with Crippen LogP contribution in [0.3, 0.4) is 0 Å². The molecule has 0 aromatic carbocycles. The van der Waals surface area contributed by atoms with E-state index in [0.717, 1.165) is 25.7 Å². The first-order valence-electron chi connectivity index (χ1n) is 6.59. The second-order valence-corrected chi connectivity index (χ2v) is 5.58. The molecule has 4 nitrogen and oxygen atoms in total. The molecule has 1 atom stereocenters. The summed E-state index contributed by atoms with van der Waals surface area (Å²) in [6.07, 6.45) is 3.50. The molecule has 0 saturated heterocycles. The molecule has 1 aliphatic carbocycles. The van der Waals surface area contributed by atoms with Crippen molar-refractivity contribution < 1.29 is 20.1 Å². The van der Waals surface area contributed by atoms with E-state index >= 15 is 0 Å². The quantitative estimate of drug-likeness (QED) is 0.618. The van der Waals surface area contributed by atoms with Gasteiger partial charge in [0, 0.05) is 12.5 Å². The number of aliphatic hydroxyl groups is 3. The fourth-order valence-corrected chi connectivity index (χ4v) is 2.29. The normalized spacial score (nSPS) is 31.8. The largest absolute Gasteiger partial charge is 0.396 e. The smallest absolute Gasteiger partial charge is 0.156 e. The Labute approximate surface area is 104 Å². The van der Waals surface area contributed by atoms with Crippen molar-refractivity contribution in [3.63, 3.8) is 0 Å². The molecule has 0 aromatic heterocycles. The second kappa shape index (κ2) is 6.69. The molecule has 0 amide bonds. The van der Waals surface area contributed by atoms with Crippen LogP contribution >= 0.6 is 0 Å². The summed E-state index contributed by atoms with van der Waals surface area (Å²) < 4.78 is 5.73. The minimum absolute atomic E-state index is 0.0561. The molecule has 0 spiro atoms. The van der Waals surface area contributed by atoms with E-state index < -0.39 is 6.29 Å². The van der Waals surface area contributed by atoms with Gasteiger partial charge in [-0.3, -0.25) is 0 Å². The summed E-state index contributed by atoms with van der Waals surface area (Å²) in [7, 11) is 0. The van der Waals surface area contributed by atoms with Crippen molar-refractivity contribution in [2.24, 2.45) is 11.3 Å². The molecule has 4 heteroatoms. The SMILES string of the molecule is CCC(COC1CCC(C)(CO)CC1)C(O)O. The third kappa shape index (κ3) is 4.54. The van der Waals surface area contributed by atoms with Crippen LogP contribution in [0.15, 0.2) is 0 Å². The molecule has 1 aliphatic rings. The summed E-state index contributed by atoms with van der Waals surface area (Å²) in [4.78, 5) is 0. The van der Waals surface area contributed by atoms with Crippen LogP contribution in [0.1, 0.15) is 46.0 Å². The molecule has 17 heavy (non-hydrogen) atoms. The Bertz CT molecular complexity index is 209. The van der Waals surface area contributed by atoms with Crippen LogP contribution in [0, 0.1) is 11.3 Å². The maximum atomic E-state index is 9.26. The van der Waals surface area contributed by atoms with Crippen molar-refractivity contribution in [2.75, 3.05) is 13.2 Å². The summed E-state index contributed by atoms with van der Waals surface area (Å²) in [6.45, 7) is 4.69. The molecular formula is C13H26O4. The van der Waals surface area contributed by atoms with Gasteiger partial charge in [0.05, 0.1) is 12.7 Å². The fourth-order valence-electron chi connectivity index (χ4n) is 2.29. The maximum Gasteiger partial charge on any atom is 0.156 e. The highest BCUT2D eigenvalue weighted by Crippen LogP contribution is 2.36. The Morgan fingerprint density at radius 1 is 1.29 bits per heavy atom. The van der Waals surface area contributed by atoms with Crippen molar-refractivity contribution in [2.45, 2.75) is 58.3 Å². The zero-order valence-electron chi connectivity index (χ0n) is 10.9. The molecule has 0 bridgehead atoms. The van der Waals surface area contributed by atoms with Crippen LogP contribution in [0.4, 0.5) is 0 Å². The predicted octanol–water partition coefficient (Wildman–Crippen LogP) is 1.28. The van der Waals surface area contributed by atoms with Gasteiger partial charge < -0.3 is 20.1 Å². The Morgan fingerprint density at radius 2 is 1.88 bits per heavy atom. The second-order valence-electron chi connectivity index (χ2n) is 5.58. The molecule has 3 N–H and O–H groups in total. The zero-order valence-corrected chi connectivity index (χ0v) is 10.9. The van der Waals surface area contributed by atoms with Crippen molar-refractivity contribution in [3.05, 3.63) is 0 Å². The van der Waals surface area contributed by atoms with Crippen LogP contribution < -0.4 is 0 Å². The van der Waals surface area contributed by atoms with Crippen molar-refractivity contribution in [3.8, 4) is 0 Å². The van der Waals surface area contributed by atoms with E-state index in [0.29, 0.717) is 13.0 Å². The predicted molar refractivity (Wildman–Crippen MR) is 65.4 cm³/mol. The van der Waals surface area contributed by atoms with Gasteiger partial charge in [-0.2, -0.15) is 0 Å². The number of hydrogen-bond acceptors (Lipinski definition) is 4. The molecule has 1 fully saturated rings. The lowest BCUT2D eigenvalue weighted by atomic mass is 9.75. The van der Waals surface area contributed by atoms with Gasteiger partial charge in [0.25, 0.3) is 0 Å². The first-order valence-corrected chi connectivity index (χ1v) is 6.59. The first-order chi connectivity index (χ1) is 8.00. The van der Waals surface area contributed by atoms with Gasteiger partial charge in [0.2, 0.25) is 0 Å². The third-order valence-electron chi connectivity index (χ3n) is 4.01. The van der Waals surface area contributed by atoms with Crippen molar-refractivity contribution in [1.82, 2.24) is 0 Å². The van der Waals surface area contributed by atoms with E-state index in [1.54, 1.807) is 0 Å². The van der Waals surface area contributed by atoms with Gasteiger partial charge in [-0.25, -0.2) is 0 Å². The average molecular weight is 246 g/mol. The monoisotopic (exact) mass is 246 g/mol. The summed E-state index contributed by atoms with van der Waals surface area (Å²) in [6, 6.07) is 0. The van der Waals surface area contributed by atoms with Gasteiger partial charge in [0.15, 0.2) is 6.29 Å². The highest BCUT2D eigenvalue weighted by molar-refractivity contribution is 4.82. The Hall–Kier alpha value is -0.160. The number of rotatable bonds is 6. The van der Waals surface area contributed by atoms with Crippen molar-refractivity contribution in [1.29, 1.82) is 0 Å². The maximum absolute atomic E-state index is 9.26. The first kappa shape index (κ1) is 14.9. The topological polar surface area (TPSA) is 69.9 Å². The van der Waals surface area contributed by atoms with E-state index in [1.807, 2.05) is 6.92 Å². The Kier molecular flexibility index (Phi) is 5.86. The van der Waals surface area contributed by atoms with Crippen LogP contribution in [-0.2, 0) is 4.74 Å². The molecule has 0 aromatic rings. The van der Waals surface area contributed by atoms with Gasteiger partial charge in [0.1, 0.15) is 0 Å². The van der Waals surface area contributed by atoms with E-state index in [-0.39, 0.29) is 24.0 Å². The molecule has 1 unspecified atom stereocenters. The summed E-state index contributed by atoms with van der Waals surface area (Å²) >= 11 is 0. The molecule has 1 saturated carbocycles. The van der Waals surface area contributed by atoms with Gasteiger partial charge >= 0.3 is 0 Å². The summed E-state index contributed by atoms with van der Waals surface area (Å²) in [5.41, 5.74) is 0.0561. The summed E-state index contributed by atoms with van der Waals surface area (Å²) in [5.74, 6) is -0.193. The molecule has 0 aliphatic heterocycles. The van der Waals surface area contributed by atoms with E-state index in [1.165, 1.54) is 0 Å². The van der Waals surface area contributed by atoms with E-state index in [4.69, 9.17) is 14.9 Å². The number of ether oxygens (including phenoxy) is 1. The molecule has 1 rings (SSSR count). The summed E-state index contributed by atoms with van der Waals surface area (Å²) in [5, 5.41) is 27.5. The van der Waals surface area contributed by atoms with Gasteiger partial charge in [-0.1, -0.05) is 13.8 Å². The standard InChI is InChI=1S/C13H26O4/c1-3-10(12(15)16)8-17-11-4-6-13(2,9-14)7-5-11/h10-12,14-16H,3-9H2,1-2H3. The van der Waals surface area contributed by atoms with E-state index in [2.05, 4.69) is 6.92 Å². The molecule has 0 radical (unpaired) electrons. The molecule has 102 valence electrons. The lowest BCUT2D eigenvalue weighted by Crippen LogP contribution is -2.33. The zero-order chi connectivity index (χ0) is 12.9. The Morgan fingerprint density at radius 3 is 2.29 bits per heavy atom. The van der Waals surface area contributed by atoms with Crippen LogP contribution in [-0.4, -0.2) is 40.9 Å². The Balaban J connectivity index is 2.26. The van der Waals surface area contributed by atoms with Gasteiger partial charge in [-0.15, -0.1) is 0 Å². The lowest BCUT2D eigenvalue weighted by Gasteiger charge is -2.36. The van der Waals surface area contributed by atoms with Crippen molar-refractivity contribution >= 4 is 0 Å².